The number of ether oxygens (including phenoxy) is 2. The third-order valence-electron chi connectivity index (χ3n) is 6.97. The van der Waals surface area contributed by atoms with Gasteiger partial charge in [0.25, 0.3) is 10.0 Å². The van der Waals surface area contributed by atoms with Gasteiger partial charge < -0.3 is 19.9 Å². The Morgan fingerprint density at radius 1 is 1.11 bits per heavy atom. The molecule has 1 amide bonds. The number of hydrogen-bond acceptors (Lipinski definition) is 6. The maximum atomic E-state index is 13.2. The van der Waals surface area contributed by atoms with Crippen LogP contribution in [0.1, 0.15) is 42.9 Å². The summed E-state index contributed by atoms with van der Waals surface area (Å²) in [5, 5.41) is 13.0. The average Bonchev–Trinajstić information content (AvgIpc) is 3.26. The quantitative estimate of drug-likeness (QED) is 0.400. The first-order valence-electron chi connectivity index (χ1n) is 12.4. The summed E-state index contributed by atoms with van der Waals surface area (Å²) in [6, 6.07) is 19.0. The fraction of sp³-hybridized carbons (Fsp3) is 0.321. The molecular formula is C28H29FN2O6S. The Labute approximate surface area is 220 Å². The fourth-order valence-corrected chi connectivity index (χ4v) is 6.16. The van der Waals surface area contributed by atoms with Crippen LogP contribution in [0.15, 0.2) is 77.7 Å². The molecule has 2 heterocycles. The predicted molar refractivity (Wildman–Crippen MR) is 139 cm³/mol. The summed E-state index contributed by atoms with van der Waals surface area (Å²) >= 11 is 0. The molecule has 5 rings (SSSR count). The highest BCUT2D eigenvalue weighted by atomic mass is 32.2. The van der Waals surface area contributed by atoms with Gasteiger partial charge in [-0.25, -0.2) is 12.8 Å². The van der Waals surface area contributed by atoms with E-state index in [0.29, 0.717) is 17.9 Å². The summed E-state index contributed by atoms with van der Waals surface area (Å²) in [6.07, 6.45) is -0.963. The normalized spacial score (nSPS) is 23.0. The molecule has 0 aromatic heterocycles. The van der Waals surface area contributed by atoms with Crippen LogP contribution < -0.4 is 14.8 Å². The second kappa shape index (κ2) is 10.7. The number of amides is 1. The first-order valence-corrected chi connectivity index (χ1v) is 13.9. The van der Waals surface area contributed by atoms with Gasteiger partial charge in [-0.05, 0) is 61.4 Å². The van der Waals surface area contributed by atoms with E-state index in [9.17, 15) is 22.7 Å². The number of fused-ring (bicyclic) bond motifs is 3. The van der Waals surface area contributed by atoms with Crippen molar-refractivity contribution in [2.24, 2.45) is 0 Å². The Balaban J connectivity index is 1.30. The number of rotatable bonds is 8. The molecule has 5 atom stereocenters. The molecule has 3 aromatic rings. The Morgan fingerprint density at radius 3 is 2.55 bits per heavy atom. The zero-order valence-corrected chi connectivity index (χ0v) is 21.5. The zero-order chi connectivity index (χ0) is 26.9. The minimum Gasteiger partial charge on any atom is -0.487 e. The number of halogens is 1. The van der Waals surface area contributed by atoms with Gasteiger partial charge in [0.15, 0.2) is 0 Å². The van der Waals surface area contributed by atoms with Gasteiger partial charge in [0, 0.05) is 17.2 Å². The lowest BCUT2D eigenvalue weighted by Crippen LogP contribution is -2.47. The number of hydrogen-bond donors (Lipinski definition) is 3. The monoisotopic (exact) mass is 540 g/mol. The number of anilines is 1. The lowest BCUT2D eigenvalue weighted by atomic mass is 9.84. The molecule has 3 aromatic carbocycles. The van der Waals surface area contributed by atoms with Gasteiger partial charge in [-0.15, -0.1) is 0 Å². The zero-order valence-electron chi connectivity index (χ0n) is 20.7. The molecule has 8 nitrogen and oxygen atoms in total. The third kappa shape index (κ3) is 5.52. The maximum Gasteiger partial charge on any atom is 0.261 e. The topological polar surface area (TPSA) is 114 Å². The van der Waals surface area contributed by atoms with Crippen molar-refractivity contribution in [2.75, 3.05) is 11.3 Å². The van der Waals surface area contributed by atoms with E-state index in [1.54, 1.807) is 18.2 Å². The highest BCUT2D eigenvalue weighted by Crippen LogP contribution is 2.47. The van der Waals surface area contributed by atoms with Crippen LogP contribution in [0.5, 0.6) is 5.75 Å². The molecule has 0 unspecified atom stereocenters. The minimum absolute atomic E-state index is 0.0595. The molecule has 0 radical (unpaired) electrons. The second-order valence-electron chi connectivity index (χ2n) is 9.62. The summed E-state index contributed by atoms with van der Waals surface area (Å²) < 4.78 is 53.5. The van der Waals surface area contributed by atoms with Crippen molar-refractivity contribution >= 4 is 21.6 Å². The number of aliphatic hydroxyl groups excluding tert-OH is 1. The molecule has 200 valence electrons. The van der Waals surface area contributed by atoms with Crippen molar-refractivity contribution < 1.29 is 32.2 Å². The van der Waals surface area contributed by atoms with Gasteiger partial charge >= 0.3 is 0 Å². The Bertz CT molecular complexity index is 1400. The van der Waals surface area contributed by atoms with Gasteiger partial charge in [-0.1, -0.05) is 30.3 Å². The fourth-order valence-electron chi connectivity index (χ4n) is 5.11. The molecule has 0 bridgehead atoms. The van der Waals surface area contributed by atoms with Gasteiger partial charge in [-0.3, -0.25) is 9.52 Å². The smallest absolute Gasteiger partial charge is 0.261 e. The van der Waals surface area contributed by atoms with Crippen molar-refractivity contribution in [1.29, 1.82) is 0 Å². The van der Waals surface area contributed by atoms with E-state index in [2.05, 4.69) is 10.0 Å². The van der Waals surface area contributed by atoms with Crippen LogP contribution in [-0.4, -0.2) is 44.4 Å². The molecule has 0 aliphatic carbocycles. The summed E-state index contributed by atoms with van der Waals surface area (Å²) in [7, 11) is -3.93. The standard InChI is InChI=1S/C28H29FN2O6S/c1-17(18-5-3-2-4-6-18)30-27(33)15-21-14-24-23-13-20(9-12-25(23)37-28(24)26(16-32)36-21)31-38(34,35)22-10-7-19(29)8-11-22/h2-13,17,21,24,26,28,31-32H,14-16H2,1H3,(H,30,33)/t17-,21+,24-,26-,28+/m0/s1. The van der Waals surface area contributed by atoms with Crippen LogP contribution in [0.4, 0.5) is 10.1 Å². The highest BCUT2D eigenvalue weighted by Gasteiger charge is 2.46. The van der Waals surface area contributed by atoms with Crippen molar-refractivity contribution in [3.8, 4) is 5.75 Å². The Kier molecular flexibility index (Phi) is 7.38. The largest absolute Gasteiger partial charge is 0.487 e. The SMILES string of the molecule is C[C@H](NC(=O)C[C@H]1C[C@H]2c3cc(NS(=O)(=O)c4ccc(F)cc4)ccc3O[C@H]2[C@H](CO)O1)c1ccccc1. The van der Waals surface area contributed by atoms with Crippen LogP contribution >= 0.6 is 0 Å². The number of carbonyl (C=O) groups is 1. The summed E-state index contributed by atoms with van der Waals surface area (Å²) in [5.74, 6) is -0.313. The summed E-state index contributed by atoms with van der Waals surface area (Å²) in [5.41, 5.74) is 2.10. The maximum absolute atomic E-state index is 13.2. The van der Waals surface area contributed by atoms with Crippen molar-refractivity contribution in [2.45, 2.75) is 54.9 Å². The number of benzene rings is 3. The number of nitrogens with one attached hydrogen (secondary N) is 2. The van der Waals surface area contributed by atoms with Crippen molar-refractivity contribution in [3.05, 3.63) is 89.7 Å². The average molecular weight is 541 g/mol. The first-order chi connectivity index (χ1) is 18.2. The van der Waals surface area contributed by atoms with Crippen molar-refractivity contribution in [3.63, 3.8) is 0 Å². The lowest BCUT2D eigenvalue weighted by molar-refractivity contribution is -0.142. The van der Waals surface area contributed by atoms with Gasteiger partial charge in [0.2, 0.25) is 5.91 Å². The molecule has 10 heteroatoms. The van der Waals surface area contributed by atoms with E-state index in [1.807, 2.05) is 37.3 Å². The summed E-state index contributed by atoms with van der Waals surface area (Å²) in [6.45, 7) is 1.63. The molecule has 3 N–H and O–H groups in total. The molecule has 1 fully saturated rings. The predicted octanol–water partition coefficient (Wildman–Crippen LogP) is 3.89. The van der Waals surface area contributed by atoms with Crippen molar-refractivity contribution in [1.82, 2.24) is 5.32 Å². The highest BCUT2D eigenvalue weighted by molar-refractivity contribution is 7.92. The van der Waals surface area contributed by atoms with Crippen LogP contribution in [0.3, 0.4) is 0 Å². The van der Waals surface area contributed by atoms with Crippen LogP contribution in [0, 0.1) is 5.82 Å². The van der Waals surface area contributed by atoms with E-state index < -0.39 is 34.2 Å². The van der Waals surface area contributed by atoms with Gasteiger partial charge in [0.05, 0.1) is 30.1 Å². The number of carbonyl (C=O) groups excluding carboxylic acids is 1. The third-order valence-corrected chi connectivity index (χ3v) is 8.36. The molecule has 0 saturated carbocycles. The van der Waals surface area contributed by atoms with E-state index in [4.69, 9.17) is 9.47 Å². The molecule has 2 aliphatic rings. The van der Waals surface area contributed by atoms with Gasteiger partial charge in [0.1, 0.15) is 23.8 Å². The second-order valence-corrected chi connectivity index (χ2v) is 11.3. The van der Waals surface area contributed by atoms with E-state index in [0.717, 1.165) is 23.3 Å². The Hall–Kier alpha value is -3.47. The van der Waals surface area contributed by atoms with Crippen LogP contribution in [-0.2, 0) is 19.6 Å². The van der Waals surface area contributed by atoms with Crippen LogP contribution in [0.2, 0.25) is 0 Å². The summed E-state index contributed by atoms with van der Waals surface area (Å²) in [4.78, 5) is 12.7. The molecule has 0 spiro atoms. The van der Waals surface area contributed by atoms with E-state index in [1.165, 1.54) is 12.1 Å². The molecular weight excluding hydrogens is 511 g/mol. The van der Waals surface area contributed by atoms with E-state index >= 15 is 0 Å². The Morgan fingerprint density at radius 2 is 1.84 bits per heavy atom. The minimum atomic E-state index is -3.93. The van der Waals surface area contributed by atoms with Crippen LogP contribution in [0.25, 0.3) is 0 Å². The lowest BCUT2D eigenvalue weighted by Gasteiger charge is -2.37. The first kappa shape index (κ1) is 26.1. The molecule has 38 heavy (non-hydrogen) atoms. The van der Waals surface area contributed by atoms with E-state index in [-0.39, 0.29) is 35.8 Å². The number of sulfonamides is 1. The molecule has 2 aliphatic heterocycles. The molecule has 1 saturated heterocycles. The number of aliphatic hydroxyl groups is 1. The van der Waals surface area contributed by atoms with Gasteiger partial charge in [-0.2, -0.15) is 0 Å².